The van der Waals surface area contributed by atoms with Crippen LogP contribution in [0.2, 0.25) is 0 Å². The third-order valence-electron chi connectivity index (χ3n) is 1.72. The zero-order valence-corrected chi connectivity index (χ0v) is 9.90. The van der Waals surface area contributed by atoms with E-state index in [4.69, 9.17) is 12.2 Å². The molecular weight excluding hydrogens is 184 g/mol. The van der Waals surface area contributed by atoms with E-state index in [0.717, 1.165) is 6.42 Å². The minimum absolute atomic E-state index is 1.12. The monoisotopic (exact) mass is 204 g/mol. The number of hydrogen-bond donors (Lipinski definition) is 0. The van der Waals surface area contributed by atoms with E-state index in [1.54, 1.807) is 0 Å². The molecule has 0 fully saturated rings. The van der Waals surface area contributed by atoms with Crippen molar-refractivity contribution in [1.82, 2.24) is 0 Å². The van der Waals surface area contributed by atoms with Crippen LogP contribution in [-0.2, 0) is 0 Å². The first-order valence-electron chi connectivity index (χ1n) is 4.96. The first kappa shape index (κ1) is 12.4. The van der Waals surface area contributed by atoms with Crippen LogP contribution in [0.1, 0.15) is 52.4 Å². The second kappa shape index (κ2) is 9.53. The molecule has 0 aliphatic heterocycles. The summed E-state index contributed by atoms with van der Waals surface area (Å²) in [5.41, 5.74) is 0. The molecule has 72 valence electrons. The molecule has 0 saturated carbocycles. The number of thioether (sulfide) groups is 1. The minimum Gasteiger partial charge on any atom is -0.119 e. The van der Waals surface area contributed by atoms with Gasteiger partial charge in [-0.15, -0.1) is 11.8 Å². The normalized spacial score (nSPS) is 10.2. The summed E-state index contributed by atoms with van der Waals surface area (Å²) in [5, 5.41) is 0. The van der Waals surface area contributed by atoms with Gasteiger partial charge in [-0.2, -0.15) is 0 Å². The van der Waals surface area contributed by atoms with E-state index >= 15 is 0 Å². The molecule has 0 atom stereocenters. The second-order valence-electron chi connectivity index (χ2n) is 3.03. The number of hydrogen-bond acceptors (Lipinski definition) is 2. The fourth-order valence-corrected chi connectivity index (χ4v) is 2.37. The predicted octanol–water partition coefficient (Wildman–Crippen LogP) is 4.43. The Hall–Kier alpha value is 0.440. The summed E-state index contributed by atoms with van der Waals surface area (Å²) >= 11 is 7.08. The third kappa shape index (κ3) is 8.54. The Bertz CT molecular complexity index is 110. The minimum atomic E-state index is 1.12. The summed E-state index contributed by atoms with van der Waals surface area (Å²) in [5.74, 6) is 1.23. The van der Waals surface area contributed by atoms with Crippen molar-refractivity contribution in [3.63, 3.8) is 0 Å². The summed E-state index contributed by atoms with van der Waals surface area (Å²) in [6.07, 6.45) is 7.72. The molecule has 0 rings (SSSR count). The molecule has 0 heterocycles. The average molecular weight is 204 g/mol. The molecule has 0 aromatic carbocycles. The standard InChI is InChI=1S/C10H20S2/c1-3-5-6-7-9-12-10(11)8-4-2/h3-9H2,1-2H3. The smallest absolute Gasteiger partial charge is 0.0478 e. The van der Waals surface area contributed by atoms with Gasteiger partial charge in [0.1, 0.15) is 0 Å². The van der Waals surface area contributed by atoms with Crippen LogP contribution < -0.4 is 0 Å². The lowest BCUT2D eigenvalue weighted by atomic mass is 10.2. The van der Waals surface area contributed by atoms with Crippen LogP contribution >= 0.6 is 24.0 Å². The molecule has 0 saturated heterocycles. The van der Waals surface area contributed by atoms with Crippen LogP contribution in [0.5, 0.6) is 0 Å². The van der Waals surface area contributed by atoms with Crippen LogP contribution in [0.4, 0.5) is 0 Å². The highest BCUT2D eigenvalue weighted by Crippen LogP contribution is 2.13. The fourth-order valence-electron chi connectivity index (χ4n) is 0.991. The van der Waals surface area contributed by atoms with Gasteiger partial charge in [0.2, 0.25) is 0 Å². The van der Waals surface area contributed by atoms with Gasteiger partial charge in [0, 0.05) is 4.20 Å². The predicted molar refractivity (Wildman–Crippen MR) is 64.1 cm³/mol. The number of rotatable bonds is 7. The molecule has 0 radical (unpaired) electrons. The SMILES string of the molecule is CCCCCCSC(=S)CCC. The van der Waals surface area contributed by atoms with Crippen LogP contribution in [0.3, 0.4) is 0 Å². The van der Waals surface area contributed by atoms with Gasteiger partial charge in [-0.1, -0.05) is 51.7 Å². The first-order valence-corrected chi connectivity index (χ1v) is 6.36. The maximum atomic E-state index is 5.19. The van der Waals surface area contributed by atoms with E-state index in [2.05, 4.69) is 13.8 Å². The molecule has 0 bridgehead atoms. The van der Waals surface area contributed by atoms with Gasteiger partial charge in [-0.3, -0.25) is 0 Å². The Morgan fingerprint density at radius 3 is 2.42 bits per heavy atom. The summed E-state index contributed by atoms with van der Waals surface area (Å²) in [4.78, 5) is 0. The molecule has 0 aromatic rings. The van der Waals surface area contributed by atoms with Crippen molar-refractivity contribution in [2.24, 2.45) is 0 Å². The zero-order valence-electron chi connectivity index (χ0n) is 8.27. The second-order valence-corrected chi connectivity index (χ2v) is 4.97. The molecular formula is C10H20S2. The van der Waals surface area contributed by atoms with Gasteiger partial charge in [0.05, 0.1) is 0 Å². The number of unbranched alkanes of at least 4 members (excludes halogenated alkanes) is 3. The van der Waals surface area contributed by atoms with E-state index in [9.17, 15) is 0 Å². The summed E-state index contributed by atoms with van der Waals surface area (Å²) in [6, 6.07) is 0. The van der Waals surface area contributed by atoms with Crippen molar-refractivity contribution in [1.29, 1.82) is 0 Å². The highest BCUT2D eigenvalue weighted by molar-refractivity contribution is 8.23. The summed E-state index contributed by atoms with van der Waals surface area (Å²) in [7, 11) is 0. The first-order chi connectivity index (χ1) is 5.81. The van der Waals surface area contributed by atoms with Crippen LogP contribution in [0.25, 0.3) is 0 Å². The zero-order chi connectivity index (χ0) is 9.23. The van der Waals surface area contributed by atoms with Crippen molar-refractivity contribution < 1.29 is 0 Å². The van der Waals surface area contributed by atoms with Gasteiger partial charge in [-0.25, -0.2) is 0 Å². The van der Waals surface area contributed by atoms with E-state index in [0.29, 0.717) is 0 Å². The summed E-state index contributed by atoms with van der Waals surface area (Å²) in [6.45, 7) is 4.43. The molecule has 0 unspecified atom stereocenters. The Labute approximate surface area is 86.5 Å². The Morgan fingerprint density at radius 2 is 1.83 bits per heavy atom. The van der Waals surface area contributed by atoms with Crippen molar-refractivity contribution in [2.75, 3.05) is 5.75 Å². The van der Waals surface area contributed by atoms with Crippen LogP contribution in [-0.4, -0.2) is 9.95 Å². The molecule has 2 heteroatoms. The molecule has 0 N–H and O–H groups in total. The van der Waals surface area contributed by atoms with E-state index in [1.807, 2.05) is 11.8 Å². The van der Waals surface area contributed by atoms with Crippen molar-refractivity contribution in [2.45, 2.75) is 52.4 Å². The Balaban J connectivity index is 3.03. The van der Waals surface area contributed by atoms with Gasteiger partial charge in [0.15, 0.2) is 0 Å². The largest absolute Gasteiger partial charge is 0.119 e. The molecule has 0 amide bonds. The van der Waals surface area contributed by atoms with Gasteiger partial charge < -0.3 is 0 Å². The fraction of sp³-hybridized carbons (Fsp3) is 0.900. The summed E-state index contributed by atoms with van der Waals surface area (Å²) < 4.78 is 1.20. The molecule has 0 aliphatic rings. The van der Waals surface area contributed by atoms with Crippen molar-refractivity contribution in [3.05, 3.63) is 0 Å². The molecule has 0 aromatic heterocycles. The van der Waals surface area contributed by atoms with E-state index < -0.39 is 0 Å². The van der Waals surface area contributed by atoms with Crippen LogP contribution in [0.15, 0.2) is 0 Å². The third-order valence-corrected chi connectivity index (χ3v) is 3.29. The number of thiocarbonyl (C=S) groups is 1. The van der Waals surface area contributed by atoms with E-state index in [1.165, 1.54) is 42.1 Å². The average Bonchev–Trinajstić information content (AvgIpc) is 2.05. The maximum absolute atomic E-state index is 5.19. The lowest BCUT2D eigenvalue weighted by Crippen LogP contribution is -1.89. The maximum Gasteiger partial charge on any atom is 0.0478 e. The van der Waals surface area contributed by atoms with Crippen LogP contribution in [0, 0.1) is 0 Å². The van der Waals surface area contributed by atoms with E-state index in [-0.39, 0.29) is 0 Å². The molecule has 0 aliphatic carbocycles. The van der Waals surface area contributed by atoms with Gasteiger partial charge in [-0.05, 0) is 18.6 Å². The van der Waals surface area contributed by atoms with Gasteiger partial charge >= 0.3 is 0 Å². The highest BCUT2D eigenvalue weighted by atomic mass is 32.2. The molecule has 12 heavy (non-hydrogen) atoms. The Kier molecular flexibility index (Phi) is 9.88. The lowest BCUT2D eigenvalue weighted by Gasteiger charge is -2.01. The van der Waals surface area contributed by atoms with Crippen molar-refractivity contribution >= 4 is 28.2 Å². The van der Waals surface area contributed by atoms with Gasteiger partial charge in [0.25, 0.3) is 0 Å². The topological polar surface area (TPSA) is 0 Å². The molecule has 0 spiro atoms. The highest BCUT2D eigenvalue weighted by Gasteiger charge is 1.95. The Morgan fingerprint density at radius 1 is 1.08 bits per heavy atom. The quantitative estimate of drug-likeness (QED) is 0.444. The lowest BCUT2D eigenvalue weighted by molar-refractivity contribution is 0.707. The molecule has 0 nitrogen and oxygen atoms in total. The van der Waals surface area contributed by atoms with Crippen molar-refractivity contribution in [3.8, 4) is 0 Å².